The van der Waals surface area contributed by atoms with E-state index in [9.17, 15) is 4.79 Å². The van der Waals surface area contributed by atoms with Crippen molar-refractivity contribution in [2.45, 2.75) is 25.3 Å². The van der Waals surface area contributed by atoms with Gasteiger partial charge in [-0.2, -0.15) is 0 Å². The van der Waals surface area contributed by atoms with Gasteiger partial charge in [0, 0.05) is 33.4 Å². The second-order valence-corrected chi connectivity index (χ2v) is 9.61. The van der Waals surface area contributed by atoms with Gasteiger partial charge in [-0.15, -0.1) is 11.3 Å². The summed E-state index contributed by atoms with van der Waals surface area (Å²) in [4.78, 5) is 23.0. The summed E-state index contributed by atoms with van der Waals surface area (Å²) in [5.74, 6) is 0.675. The molecule has 3 aromatic rings. The third-order valence-electron chi connectivity index (χ3n) is 5.98. The maximum absolute atomic E-state index is 12.9. The number of anilines is 1. The number of amides is 1. The molecule has 5 nitrogen and oxygen atoms in total. The number of para-hydroxylation sites is 1. The number of thiazole rings is 1. The van der Waals surface area contributed by atoms with Gasteiger partial charge in [0.05, 0.1) is 29.2 Å². The Labute approximate surface area is 182 Å². The Morgan fingerprint density at radius 3 is 2.63 bits per heavy atom. The number of nitrogens with one attached hydrogen (secondary N) is 1. The van der Waals surface area contributed by atoms with Crippen molar-refractivity contribution in [1.29, 1.82) is 0 Å². The molecule has 1 saturated heterocycles. The number of piperidine rings is 1. The highest BCUT2D eigenvalue weighted by atomic mass is 32.1. The monoisotopic (exact) mass is 423 g/mol. The predicted octanol–water partition coefficient (Wildman–Crippen LogP) is 2.78. The highest BCUT2D eigenvalue weighted by Gasteiger charge is 2.29. The quantitative estimate of drug-likeness (QED) is 0.663. The number of likely N-dealkylation sites (N-methyl/N-ethyl adjacent to an activating group) is 1. The topological polar surface area (TPSA) is 40.9 Å². The lowest BCUT2D eigenvalue weighted by atomic mass is 9.98. The number of carbonyl (C=O) groups is 1. The van der Waals surface area contributed by atoms with Crippen LogP contribution in [0.1, 0.15) is 29.3 Å². The molecule has 0 aliphatic carbocycles. The molecular weight excluding hydrogens is 392 g/mol. The Hall–Kier alpha value is -2.44. The van der Waals surface area contributed by atoms with E-state index in [1.165, 1.54) is 26.7 Å². The van der Waals surface area contributed by atoms with Crippen molar-refractivity contribution in [2.24, 2.45) is 0 Å². The molecule has 0 saturated carbocycles. The number of carbonyl (C=O) groups excluding carboxylic acids is 1. The maximum atomic E-state index is 12.9. The van der Waals surface area contributed by atoms with Crippen LogP contribution in [0.15, 0.2) is 48.5 Å². The van der Waals surface area contributed by atoms with Crippen LogP contribution in [0, 0.1) is 0 Å². The van der Waals surface area contributed by atoms with Gasteiger partial charge in [-0.1, -0.05) is 24.3 Å². The second-order valence-electron chi connectivity index (χ2n) is 8.55. The molecule has 0 radical (unpaired) electrons. The molecule has 2 atom stereocenters. The fourth-order valence-electron chi connectivity index (χ4n) is 4.20. The van der Waals surface area contributed by atoms with Crippen LogP contribution in [0.25, 0.3) is 10.2 Å². The summed E-state index contributed by atoms with van der Waals surface area (Å²) in [6.45, 7) is 3.28. The molecule has 1 amide bonds. The predicted molar refractivity (Wildman–Crippen MR) is 124 cm³/mol. The van der Waals surface area contributed by atoms with Crippen LogP contribution in [0.2, 0.25) is 0 Å². The average molecular weight is 424 g/mol. The third kappa shape index (κ3) is 4.82. The molecule has 0 spiro atoms. The van der Waals surface area contributed by atoms with E-state index < -0.39 is 0 Å². The number of aromatic nitrogens is 1. The minimum Gasteiger partial charge on any atom is -0.378 e. The third-order valence-corrected chi connectivity index (χ3v) is 7.18. The molecule has 1 fully saturated rings. The summed E-state index contributed by atoms with van der Waals surface area (Å²) in [6.07, 6.45) is 2.32. The first-order valence-electron chi connectivity index (χ1n) is 10.7. The smallest absolute Gasteiger partial charge is 0.277 e. The Morgan fingerprint density at radius 2 is 1.90 bits per heavy atom. The van der Waals surface area contributed by atoms with Gasteiger partial charge in [-0.05, 0) is 42.7 Å². The molecule has 1 aromatic heterocycles. The van der Waals surface area contributed by atoms with E-state index in [0.717, 1.165) is 30.6 Å². The molecule has 158 valence electrons. The van der Waals surface area contributed by atoms with Crippen molar-refractivity contribution in [3.8, 4) is 0 Å². The molecule has 30 heavy (non-hydrogen) atoms. The number of hydrogen-bond acceptors (Lipinski definition) is 4. The molecule has 6 heteroatoms. The molecule has 1 aliphatic rings. The number of hydrogen-bond donors (Lipinski definition) is 1. The summed E-state index contributed by atoms with van der Waals surface area (Å²) in [5.41, 5.74) is 3.43. The standard InChI is InChI=1S/C24H30N4OS/c1-26(2)20-12-10-18(11-13-20)15-27(3)23(29)17-28-14-6-7-19(16-28)24-25-21-8-4-5-9-22(21)30-24/h4-5,8-13,19H,6-7,14-17H2,1-3H3/p+1/t19-/m0/s1. The highest BCUT2D eigenvalue weighted by Crippen LogP contribution is 2.30. The number of likely N-dealkylation sites (tertiary alicyclic amines) is 1. The molecule has 2 heterocycles. The van der Waals surface area contributed by atoms with Gasteiger partial charge in [-0.25, -0.2) is 4.98 Å². The fraction of sp³-hybridized carbons (Fsp3) is 0.417. The van der Waals surface area contributed by atoms with Crippen molar-refractivity contribution in [1.82, 2.24) is 9.88 Å². The summed E-state index contributed by atoms with van der Waals surface area (Å²) in [7, 11) is 5.98. The molecular formula is C24H31N4OS+. The van der Waals surface area contributed by atoms with Crippen LogP contribution in [0.4, 0.5) is 5.69 Å². The zero-order valence-electron chi connectivity index (χ0n) is 18.1. The van der Waals surface area contributed by atoms with E-state index in [1.807, 2.05) is 43.4 Å². The normalized spacial score (nSPS) is 19.0. The molecule has 4 rings (SSSR count). The minimum absolute atomic E-state index is 0.214. The zero-order valence-corrected chi connectivity index (χ0v) is 18.9. The lowest BCUT2D eigenvalue weighted by Gasteiger charge is -2.29. The maximum Gasteiger partial charge on any atom is 0.277 e. The highest BCUT2D eigenvalue weighted by molar-refractivity contribution is 7.18. The van der Waals surface area contributed by atoms with Gasteiger partial charge < -0.3 is 14.7 Å². The van der Waals surface area contributed by atoms with Gasteiger partial charge in [0.1, 0.15) is 5.01 Å². The zero-order chi connectivity index (χ0) is 21.1. The van der Waals surface area contributed by atoms with Gasteiger partial charge in [0.15, 0.2) is 6.54 Å². The van der Waals surface area contributed by atoms with E-state index in [2.05, 4.69) is 47.4 Å². The summed E-state index contributed by atoms with van der Waals surface area (Å²) in [5, 5.41) is 1.23. The van der Waals surface area contributed by atoms with Crippen LogP contribution in [-0.2, 0) is 11.3 Å². The van der Waals surface area contributed by atoms with E-state index in [1.54, 1.807) is 0 Å². The first-order chi connectivity index (χ1) is 14.5. The average Bonchev–Trinajstić information content (AvgIpc) is 3.18. The van der Waals surface area contributed by atoms with E-state index >= 15 is 0 Å². The number of nitrogens with zero attached hydrogens (tertiary/aromatic N) is 3. The van der Waals surface area contributed by atoms with Gasteiger partial charge in [0.2, 0.25) is 0 Å². The molecule has 0 bridgehead atoms. The Kier molecular flexibility index (Phi) is 6.35. The number of quaternary nitrogens is 1. The van der Waals surface area contributed by atoms with Gasteiger partial charge in [0.25, 0.3) is 5.91 Å². The van der Waals surface area contributed by atoms with Crippen LogP contribution < -0.4 is 9.80 Å². The Balaban J connectivity index is 1.34. The Morgan fingerprint density at radius 1 is 1.13 bits per heavy atom. The van der Waals surface area contributed by atoms with Crippen molar-refractivity contribution in [3.05, 3.63) is 59.1 Å². The lowest BCUT2D eigenvalue weighted by Crippen LogP contribution is -3.14. The number of fused-ring (bicyclic) bond motifs is 1. The SMILES string of the molecule is CN(Cc1ccc(N(C)C)cc1)C(=O)C[NH+]1CCC[C@H](c2nc3ccccc3s2)C1. The second kappa shape index (κ2) is 9.14. The molecule has 1 unspecified atom stereocenters. The molecule has 1 N–H and O–H groups in total. The fourth-order valence-corrected chi connectivity index (χ4v) is 5.30. The minimum atomic E-state index is 0.214. The van der Waals surface area contributed by atoms with Crippen molar-refractivity contribution >= 4 is 33.1 Å². The summed E-state index contributed by atoms with van der Waals surface area (Å²) >= 11 is 1.81. The first-order valence-corrected chi connectivity index (χ1v) is 11.5. The summed E-state index contributed by atoms with van der Waals surface area (Å²) in [6, 6.07) is 16.8. The van der Waals surface area contributed by atoms with Crippen molar-refractivity contribution < 1.29 is 9.69 Å². The summed E-state index contributed by atoms with van der Waals surface area (Å²) < 4.78 is 1.26. The largest absolute Gasteiger partial charge is 0.378 e. The first kappa shape index (κ1) is 20.8. The van der Waals surface area contributed by atoms with Crippen LogP contribution in [0.5, 0.6) is 0 Å². The Bertz CT molecular complexity index is 965. The molecule has 2 aromatic carbocycles. The lowest BCUT2D eigenvalue weighted by molar-refractivity contribution is -0.898. The van der Waals surface area contributed by atoms with E-state index in [4.69, 9.17) is 4.98 Å². The van der Waals surface area contributed by atoms with E-state index in [-0.39, 0.29) is 5.91 Å². The van der Waals surface area contributed by atoms with Gasteiger partial charge >= 0.3 is 0 Å². The van der Waals surface area contributed by atoms with Crippen LogP contribution in [0.3, 0.4) is 0 Å². The van der Waals surface area contributed by atoms with Crippen LogP contribution >= 0.6 is 11.3 Å². The van der Waals surface area contributed by atoms with Crippen molar-refractivity contribution in [2.75, 3.05) is 45.7 Å². The number of rotatable bonds is 6. The van der Waals surface area contributed by atoms with E-state index in [0.29, 0.717) is 19.0 Å². The number of benzene rings is 2. The van der Waals surface area contributed by atoms with Crippen molar-refractivity contribution in [3.63, 3.8) is 0 Å². The van der Waals surface area contributed by atoms with Crippen LogP contribution in [-0.4, -0.2) is 56.6 Å². The molecule has 1 aliphatic heterocycles. The van der Waals surface area contributed by atoms with Gasteiger partial charge in [-0.3, -0.25) is 4.79 Å².